The van der Waals surface area contributed by atoms with Crippen LogP contribution in [0.1, 0.15) is 21.7 Å². The number of pyridine rings is 1. The van der Waals surface area contributed by atoms with Crippen molar-refractivity contribution in [3.8, 4) is 0 Å². The molecule has 2 aromatic heterocycles. The van der Waals surface area contributed by atoms with Crippen molar-refractivity contribution in [2.24, 2.45) is 0 Å². The number of halogens is 1. The number of nitrogens with one attached hydrogen (secondary N) is 2. The smallest absolute Gasteiger partial charge is 0.326 e. The Hall–Kier alpha value is -3.49. The Labute approximate surface area is 145 Å². The van der Waals surface area contributed by atoms with Gasteiger partial charge < -0.3 is 20.0 Å². The second-order valence-electron chi connectivity index (χ2n) is 6.06. The first kappa shape index (κ1) is 16.0. The zero-order chi connectivity index (χ0) is 18.4. The van der Waals surface area contributed by atoms with Gasteiger partial charge in [0.05, 0.1) is 29.8 Å². The molecule has 4 rings (SSSR count). The van der Waals surface area contributed by atoms with E-state index in [-0.39, 0.29) is 23.9 Å². The maximum atomic E-state index is 13.7. The van der Waals surface area contributed by atoms with Gasteiger partial charge >= 0.3 is 5.97 Å². The van der Waals surface area contributed by atoms with Gasteiger partial charge in [-0.1, -0.05) is 0 Å². The summed E-state index contributed by atoms with van der Waals surface area (Å²) in [6.07, 6.45) is 1.49. The lowest BCUT2D eigenvalue weighted by Crippen LogP contribution is -2.49. The standard InChI is InChI=1S/C17H13FN4O4/c18-8-1-2-11-9(3-8)10(4-15(23)21-11)16(24)22-6-13-12(19-7-20-13)5-14(22)17(25)26/h1-4,7,14H,5-6H2,(H,19,20)(H,21,23)(H,25,26)/t14-/m0/s1. The van der Waals surface area contributed by atoms with E-state index in [2.05, 4.69) is 15.0 Å². The summed E-state index contributed by atoms with van der Waals surface area (Å²) in [7, 11) is 0. The third-order valence-electron chi connectivity index (χ3n) is 4.48. The molecule has 0 aliphatic carbocycles. The first-order valence-corrected chi connectivity index (χ1v) is 7.81. The van der Waals surface area contributed by atoms with Crippen molar-refractivity contribution in [1.82, 2.24) is 19.9 Å². The highest BCUT2D eigenvalue weighted by Gasteiger charge is 2.37. The van der Waals surface area contributed by atoms with Crippen molar-refractivity contribution >= 4 is 22.8 Å². The monoisotopic (exact) mass is 356 g/mol. The van der Waals surface area contributed by atoms with Crippen LogP contribution in [0.3, 0.4) is 0 Å². The summed E-state index contributed by atoms with van der Waals surface area (Å²) in [5.74, 6) is -2.39. The molecule has 3 N–H and O–H groups in total. The number of aliphatic carboxylic acids is 1. The minimum absolute atomic E-state index is 0.00867. The Morgan fingerprint density at radius 1 is 1.31 bits per heavy atom. The Bertz CT molecular complexity index is 1100. The lowest BCUT2D eigenvalue weighted by atomic mass is 10.00. The van der Waals surface area contributed by atoms with Crippen LogP contribution in [0.2, 0.25) is 0 Å². The third kappa shape index (κ3) is 2.53. The molecule has 1 aromatic carbocycles. The van der Waals surface area contributed by atoms with Crippen LogP contribution in [-0.4, -0.2) is 42.9 Å². The summed E-state index contributed by atoms with van der Waals surface area (Å²) >= 11 is 0. The number of carboxylic acid groups (broad SMARTS) is 1. The Morgan fingerprint density at radius 2 is 2.12 bits per heavy atom. The second-order valence-corrected chi connectivity index (χ2v) is 6.06. The van der Waals surface area contributed by atoms with Gasteiger partial charge in [0, 0.05) is 23.4 Å². The highest BCUT2D eigenvalue weighted by Crippen LogP contribution is 2.25. The van der Waals surface area contributed by atoms with E-state index in [4.69, 9.17) is 0 Å². The molecule has 0 spiro atoms. The normalized spacial score (nSPS) is 16.5. The van der Waals surface area contributed by atoms with Gasteiger partial charge in [-0.25, -0.2) is 14.2 Å². The molecular formula is C17H13FN4O4. The van der Waals surface area contributed by atoms with Gasteiger partial charge in [0.1, 0.15) is 11.9 Å². The molecule has 9 heteroatoms. The van der Waals surface area contributed by atoms with Crippen molar-refractivity contribution in [2.75, 3.05) is 0 Å². The molecule has 3 aromatic rings. The summed E-state index contributed by atoms with van der Waals surface area (Å²) in [4.78, 5) is 47.3. The van der Waals surface area contributed by atoms with E-state index in [0.717, 1.165) is 17.0 Å². The fourth-order valence-corrected chi connectivity index (χ4v) is 3.23. The van der Waals surface area contributed by atoms with Gasteiger partial charge in [-0.3, -0.25) is 9.59 Å². The number of carbonyl (C=O) groups is 2. The first-order chi connectivity index (χ1) is 12.4. The van der Waals surface area contributed by atoms with E-state index < -0.39 is 29.3 Å². The summed E-state index contributed by atoms with van der Waals surface area (Å²) in [6, 6.07) is 3.61. The molecule has 0 unspecified atom stereocenters. The van der Waals surface area contributed by atoms with Crippen LogP contribution in [0, 0.1) is 5.82 Å². The Kier molecular flexibility index (Phi) is 3.57. The topological polar surface area (TPSA) is 119 Å². The molecule has 1 atom stereocenters. The Balaban J connectivity index is 1.84. The van der Waals surface area contributed by atoms with Crippen LogP contribution >= 0.6 is 0 Å². The molecule has 1 amide bonds. The second kappa shape index (κ2) is 5.80. The van der Waals surface area contributed by atoms with Crippen molar-refractivity contribution < 1.29 is 19.1 Å². The largest absolute Gasteiger partial charge is 0.480 e. The predicted octanol–water partition coefficient (Wildman–Crippen LogP) is 1.04. The zero-order valence-corrected chi connectivity index (χ0v) is 13.3. The molecule has 26 heavy (non-hydrogen) atoms. The van der Waals surface area contributed by atoms with Crippen LogP contribution < -0.4 is 5.56 Å². The average Bonchev–Trinajstić information content (AvgIpc) is 3.07. The molecule has 0 saturated heterocycles. The molecular weight excluding hydrogens is 343 g/mol. The third-order valence-corrected chi connectivity index (χ3v) is 4.48. The highest BCUT2D eigenvalue weighted by molar-refractivity contribution is 6.07. The van der Waals surface area contributed by atoms with Crippen molar-refractivity contribution in [1.29, 1.82) is 0 Å². The molecule has 0 bridgehead atoms. The van der Waals surface area contributed by atoms with Gasteiger partial charge in [0.15, 0.2) is 0 Å². The van der Waals surface area contributed by atoms with Crippen LogP contribution in [0.15, 0.2) is 35.4 Å². The van der Waals surface area contributed by atoms with Gasteiger partial charge in [0.2, 0.25) is 5.56 Å². The van der Waals surface area contributed by atoms with Gasteiger partial charge in [-0.05, 0) is 18.2 Å². The number of aromatic nitrogens is 3. The van der Waals surface area contributed by atoms with E-state index in [1.54, 1.807) is 0 Å². The number of nitrogens with zero attached hydrogens (tertiary/aromatic N) is 2. The average molecular weight is 356 g/mol. The van der Waals surface area contributed by atoms with Crippen LogP contribution in [0.5, 0.6) is 0 Å². The van der Waals surface area contributed by atoms with E-state index in [1.807, 2.05) is 0 Å². The number of hydrogen-bond acceptors (Lipinski definition) is 4. The number of imidazole rings is 1. The predicted molar refractivity (Wildman–Crippen MR) is 88.1 cm³/mol. The zero-order valence-electron chi connectivity index (χ0n) is 13.3. The van der Waals surface area contributed by atoms with Crippen molar-refractivity contribution in [3.05, 3.63) is 63.7 Å². The summed E-state index contributed by atoms with van der Waals surface area (Å²) in [6.45, 7) is 0.00867. The number of fused-ring (bicyclic) bond motifs is 2. The van der Waals surface area contributed by atoms with Gasteiger partial charge in [-0.15, -0.1) is 0 Å². The number of benzene rings is 1. The summed E-state index contributed by atoms with van der Waals surface area (Å²) < 4.78 is 13.7. The summed E-state index contributed by atoms with van der Waals surface area (Å²) in [5.41, 5.74) is 0.948. The number of amides is 1. The van der Waals surface area contributed by atoms with Crippen molar-refractivity contribution in [3.63, 3.8) is 0 Å². The molecule has 132 valence electrons. The fourth-order valence-electron chi connectivity index (χ4n) is 3.23. The van der Waals surface area contributed by atoms with E-state index >= 15 is 0 Å². The highest BCUT2D eigenvalue weighted by atomic mass is 19.1. The number of hydrogen-bond donors (Lipinski definition) is 3. The number of carboxylic acids is 1. The summed E-state index contributed by atoms with van der Waals surface area (Å²) in [5, 5.41) is 9.74. The minimum atomic E-state index is -1.17. The van der Waals surface area contributed by atoms with E-state index in [9.17, 15) is 23.9 Å². The maximum absolute atomic E-state index is 13.7. The molecule has 1 aliphatic heterocycles. The molecule has 1 aliphatic rings. The minimum Gasteiger partial charge on any atom is -0.480 e. The van der Waals surface area contributed by atoms with Crippen LogP contribution in [-0.2, 0) is 17.8 Å². The fraction of sp³-hybridized carbons (Fsp3) is 0.176. The van der Waals surface area contributed by atoms with Crippen LogP contribution in [0.4, 0.5) is 4.39 Å². The van der Waals surface area contributed by atoms with Gasteiger partial charge in [-0.2, -0.15) is 0 Å². The number of aromatic amines is 2. The molecule has 0 fully saturated rings. The molecule has 8 nitrogen and oxygen atoms in total. The van der Waals surface area contributed by atoms with Crippen molar-refractivity contribution in [2.45, 2.75) is 19.0 Å². The molecule has 0 saturated carbocycles. The molecule has 0 radical (unpaired) electrons. The van der Waals surface area contributed by atoms with E-state index in [1.165, 1.54) is 18.5 Å². The number of rotatable bonds is 2. The lowest BCUT2D eigenvalue weighted by Gasteiger charge is -2.32. The first-order valence-electron chi connectivity index (χ1n) is 7.81. The SMILES string of the molecule is O=C(O)[C@@H]1Cc2nc[nH]c2CN1C(=O)c1cc(=O)[nH]c2ccc(F)cc12. The van der Waals surface area contributed by atoms with Crippen LogP contribution in [0.25, 0.3) is 10.9 Å². The Morgan fingerprint density at radius 3 is 2.88 bits per heavy atom. The maximum Gasteiger partial charge on any atom is 0.326 e. The number of H-pyrrole nitrogens is 2. The van der Waals surface area contributed by atoms with E-state index in [0.29, 0.717) is 16.9 Å². The number of carbonyl (C=O) groups excluding carboxylic acids is 1. The van der Waals surface area contributed by atoms with Gasteiger partial charge in [0.25, 0.3) is 5.91 Å². The molecule has 3 heterocycles. The quantitative estimate of drug-likeness (QED) is 0.634. The lowest BCUT2D eigenvalue weighted by molar-refractivity contribution is -0.142.